The second kappa shape index (κ2) is 6.15. The summed E-state index contributed by atoms with van der Waals surface area (Å²) in [6.45, 7) is 5.95. The molecule has 0 saturated heterocycles. The third-order valence-electron chi connectivity index (χ3n) is 4.26. The Bertz CT molecular complexity index is 800. The molecule has 0 amide bonds. The number of fused-ring (bicyclic) bond motifs is 1. The van der Waals surface area contributed by atoms with E-state index in [1.54, 1.807) is 0 Å². The fourth-order valence-electron chi connectivity index (χ4n) is 2.87. The highest BCUT2D eigenvalue weighted by molar-refractivity contribution is 6.31. The molecule has 5 heteroatoms. The number of rotatable bonds is 5. The zero-order valence-electron chi connectivity index (χ0n) is 13.2. The standard InChI is InChI=1S/C17H21ClN4/c1-11-16(12(2)22(3)21-11)10-19-7-6-13-9-20-17-5-4-14(18)8-15(13)17/h4-5,8-9,19-20H,6-7,10H2,1-3H3. The zero-order chi connectivity index (χ0) is 15.7. The van der Waals surface area contributed by atoms with E-state index < -0.39 is 0 Å². The second-order valence-electron chi connectivity index (χ2n) is 5.70. The van der Waals surface area contributed by atoms with Crippen molar-refractivity contribution in [3.8, 4) is 0 Å². The minimum atomic E-state index is 0.780. The molecule has 0 bridgehead atoms. The molecular weight excluding hydrogens is 296 g/mol. The summed E-state index contributed by atoms with van der Waals surface area (Å²) in [7, 11) is 1.99. The third kappa shape index (κ3) is 2.89. The molecule has 3 aromatic rings. The number of halogens is 1. The lowest BCUT2D eigenvalue weighted by Gasteiger charge is -2.05. The molecule has 0 unspecified atom stereocenters. The van der Waals surface area contributed by atoms with E-state index in [1.165, 1.54) is 22.2 Å². The average Bonchev–Trinajstić information content (AvgIpc) is 2.98. The van der Waals surface area contributed by atoms with Crippen molar-refractivity contribution >= 4 is 22.5 Å². The molecule has 2 aromatic heterocycles. The highest BCUT2D eigenvalue weighted by atomic mass is 35.5. The van der Waals surface area contributed by atoms with Crippen molar-refractivity contribution in [1.29, 1.82) is 0 Å². The molecule has 2 heterocycles. The predicted molar refractivity (Wildman–Crippen MR) is 91.4 cm³/mol. The quantitative estimate of drug-likeness (QED) is 0.708. The lowest BCUT2D eigenvalue weighted by atomic mass is 10.1. The smallest absolute Gasteiger partial charge is 0.0641 e. The van der Waals surface area contributed by atoms with Gasteiger partial charge in [0.15, 0.2) is 0 Å². The molecule has 0 atom stereocenters. The summed E-state index contributed by atoms with van der Waals surface area (Å²) >= 11 is 6.09. The minimum absolute atomic E-state index is 0.780. The summed E-state index contributed by atoms with van der Waals surface area (Å²) in [6.07, 6.45) is 3.04. The number of hydrogen-bond donors (Lipinski definition) is 2. The van der Waals surface area contributed by atoms with E-state index in [0.717, 1.165) is 35.7 Å². The van der Waals surface area contributed by atoms with Crippen LogP contribution >= 0.6 is 11.6 Å². The number of aromatic amines is 1. The van der Waals surface area contributed by atoms with Crippen LogP contribution in [0, 0.1) is 13.8 Å². The number of nitrogens with zero attached hydrogens (tertiary/aromatic N) is 2. The van der Waals surface area contributed by atoms with Crippen LogP contribution in [0.1, 0.15) is 22.5 Å². The molecular formula is C17H21ClN4. The van der Waals surface area contributed by atoms with Crippen LogP contribution in [-0.2, 0) is 20.0 Å². The van der Waals surface area contributed by atoms with Crippen molar-refractivity contribution in [1.82, 2.24) is 20.1 Å². The Morgan fingerprint density at radius 1 is 1.32 bits per heavy atom. The molecule has 0 aliphatic heterocycles. The molecule has 116 valence electrons. The molecule has 0 fully saturated rings. The van der Waals surface area contributed by atoms with E-state index in [2.05, 4.69) is 35.4 Å². The Labute approximate surface area is 135 Å². The first-order valence-electron chi connectivity index (χ1n) is 7.51. The number of nitrogens with one attached hydrogen (secondary N) is 2. The monoisotopic (exact) mass is 316 g/mol. The van der Waals surface area contributed by atoms with Gasteiger partial charge >= 0.3 is 0 Å². The number of benzene rings is 1. The SMILES string of the molecule is Cc1nn(C)c(C)c1CNCCc1c[nH]c2ccc(Cl)cc12. The van der Waals surface area contributed by atoms with Crippen molar-refractivity contribution in [2.75, 3.05) is 6.54 Å². The maximum absolute atomic E-state index is 6.09. The highest BCUT2D eigenvalue weighted by Gasteiger charge is 2.09. The van der Waals surface area contributed by atoms with E-state index in [9.17, 15) is 0 Å². The van der Waals surface area contributed by atoms with Crippen LogP contribution in [0.25, 0.3) is 10.9 Å². The van der Waals surface area contributed by atoms with Gasteiger partial charge in [0.25, 0.3) is 0 Å². The number of aryl methyl sites for hydroxylation is 2. The van der Waals surface area contributed by atoms with Gasteiger partial charge in [-0.05, 0) is 50.6 Å². The fourth-order valence-corrected chi connectivity index (χ4v) is 3.04. The van der Waals surface area contributed by atoms with Gasteiger partial charge in [0.1, 0.15) is 0 Å². The molecule has 0 aliphatic carbocycles. The van der Waals surface area contributed by atoms with Crippen LogP contribution in [0.3, 0.4) is 0 Å². The number of H-pyrrole nitrogens is 1. The van der Waals surface area contributed by atoms with Crippen LogP contribution in [0.5, 0.6) is 0 Å². The van der Waals surface area contributed by atoms with Gasteiger partial charge in [-0.3, -0.25) is 4.68 Å². The van der Waals surface area contributed by atoms with E-state index in [4.69, 9.17) is 11.6 Å². The van der Waals surface area contributed by atoms with Crippen LogP contribution in [-0.4, -0.2) is 21.3 Å². The van der Waals surface area contributed by atoms with Gasteiger partial charge < -0.3 is 10.3 Å². The number of aromatic nitrogens is 3. The first-order valence-corrected chi connectivity index (χ1v) is 7.89. The van der Waals surface area contributed by atoms with Gasteiger partial charge in [-0.15, -0.1) is 0 Å². The van der Waals surface area contributed by atoms with Gasteiger partial charge in [0, 0.05) is 47.0 Å². The van der Waals surface area contributed by atoms with Gasteiger partial charge in [0.2, 0.25) is 0 Å². The molecule has 0 saturated carbocycles. The Kier molecular flexibility index (Phi) is 4.23. The molecule has 0 aliphatic rings. The van der Waals surface area contributed by atoms with E-state index in [0.29, 0.717) is 0 Å². The Balaban J connectivity index is 1.62. The lowest BCUT2D eigenvalue weighted by Crippen LogP contribution is -2.17. The van der Waals surface area contributed by atoms with Gasteiger partial charge in [-0.2, -0.15) is 5.10 Å². The zero-order valence-corrected chi connectivity index (χ0v) is 14.0. The van der Waals surface area contributed by atoms with Crippen molar-refractivity contribution in [3.63, 3.8) is 0 Å². The molecule has 1 aromatic carbocycles. The van der Waals surface area contributed by atoms with E-state index >= 15 is 0 Å². The largest absolute Gasteiger partial charge is 0.361 e. The first-order chi connectivity index (χ1) is 10.6. The van der Waals surface area contributed by atoms with Crippen molar-refractivity contribution in [3.05, 3.63) is 51.9 Å². The van der Waals surface area contributed by atoms with Gasteiger partial charge in [-0.1, -0.05) is 11.6 Å². The van der Waals surface area contributed by atoms with Crippen molar-refractivity contribution in [2.24, 2.45) is 7.05 Å². The fraction of sp³-hybridized carbons (Fsp3) is 0.353. The summed E-state index contributed by atoms with van der Waals surface area (Å²) < 4.78 is 1.94. The summed E-state index contributed by atoms with van der Waals surface area (Å²) in [5.41, 5.74) is 6.06. The Morgan fingerprint density at radius 3 is 2.86 bits per heavy atom. The molecule has 4 nitrogen and oxygen atoms in total. The Hall–Kier alpha value is -1.78. The molecule has 22 heavy (non-hydrogen) atoms. The Morgan fingerprint density at radius 2 is 2.14 bits per heavy atom. The molecule has 0 radical (unpaired) electrons. The molecule has 2 N–H and O–H groups in total. The van der Waals surface area contributed by atoms with Crippen LogP contribution in [0.4, 0.5) is 0 Å². The maximum Gasteiger partial charge on any atom is 0.0641 e. The van der Waals surface area contributed by atoms with Crippen molar-refractivity contribution in [2.45, 2.75) is 26.8 Å². The average molecular weight is 317 g/mol. The van der Waals surface area contributed by atoms with E-state index in [-0.39, 0.29) is 0 Å². The first kappa shape index (κ1) is 15.1. The summed E-state index contributed by atoms with van der Waals surface area (Å²) in [5, 5.41) is 9.95. The summed E-state index contributed by atoms with van der Waals surface area (Å²) in [4.78, 5) is 3.30. The second-order valence-corrected chi connectivity index (χ2v) is 6.14. The number of hydrogen-bond acceptors (Lipinski definition) is 2. The van der Waals surface area contributed by atoms with Crippen LogP contribution in [0.15, 0.2) is 24.4 Å². The summed E-state index contributed by atoms with van der Waals surface area (Å²) in [6, 6.07) is 5.96. The van der Waals surface area contributed by atoms with Gasteiger partial charge in [0.05, 0.1) is 5.69 Å². The topological polar surface area (TPSA) is 45.6 Å². The van der Waals surface area contributed by atoms with E-state index in [1.807, 2.05) is 29.9 Å². The highest BCUT2D eigenvalue weighted by Crippen LogP contribution is 2.22. The molecule has 0 spiro atoms. The maximum atomic E-state index is 6.09. The summed E-state index contributed by atoms with van der Waals surface area (Å²) in [5.74, 6) is 0. The van der Waals surface area contributed by atoms with Crippen molar-refractivity contribution < 1.29 is 0 Å². The predicted octanol–water partition coefficient (Wildman–Crippen LogP) is 3.50. The third-order valence-corrected chi connectivity index (χ3v) is 4.50. The van der Waals surface area contributed by atoms with Crippen LogP contribution in [0.2, 0.25) is 5.02 Å². The minimum Gasteiger partial charge on any atom is -0.361 e. The van der Waals surface area contributed by atoms with Gasteiger partial charge in [-0.25, -0.2) is 0 Å². The normalized spacial score (nSPS) is 11.5. The lowest BCUT2D eigenvalue weighted by molar-refractivity contribution is 0.680. The van der Waals surface area contributed by atoms with Crippen LogP contribution < -0.4 is 5.32 Å². The molecule has 3 rings (SSSR count).